The Bertz CT molecular complexity index is 483. The molecule has 4 saturated heterocycles. The zero-order valence-corrected chi connectivity index (χ0v) is 13.4. The van der Waals surface area contributed by atoms with Crippen molar-refractivity contribution in [2.75, 3.05) is 46.1 Å². The third kappa shape index (κ3) is 2.65. The molecule has 5 atom stereocenters. The lowest BCUT2D eigenvalue weighted by Gasteiger charge is -2.50. The quantitative estimate of drug-likeness (QED) is 0.520. The van der Waals surface area contributed by atoms with Gasteiger partial charge in [-0.25, -0.2) is 0 Å². The number of thiol groups is 1. The number of epoxide rings is 3. The van der Waals surface area contributed by atoms with Gasteiger partial charge in [0.1, 0.15) is 11.7 Å². The molecule has 122 valence electrons. The second-order valence-corrected chi connectivity index (χ2v) is 7.56. The van der Waals surface area contributed by atoms with Crippen LogP contribution in [0.15, 0.2) is 4.99 Å². The molecule has 4 fully saturated rings. The van der Waals surface area contributed by atoms with E-state index in [0.717, 1.165) is 52.5 Å². The van der Waals surface area contributed by atoms with Crippen molar-refractivity contribution in [1.82, 2.24) is 14.1 Å². The van der Waals surface area contributed by atoms with Gasteiger partial charge in [-0.1, -0.05) is 12.8 Å². The summed E-state index contributed by atoms with van der Waals surface area (Å²) in [7, 11) is 0. The van der Waals surface area contributed by atoms with Gasteiger partial charge < -0.3 is 14.2 Å². The molecule has 7 nitrogen and oxygen atoms in total. The van der Waals surface area contributed by atoms with Crippen molar-refractivity contribution in [3.8, 4) is 0 Å². The van der Waals surface area contributed by atoms with Crippen LogP contribution in [0.2, 0.25) is 0 Å². The lowest BCUT2D eigenvalue weighted by molar-refractivity contribution is -0.0439. The van der Waals surface area contributed by atoms with E-state index in [1.54, 1.807) is 0 Å². The summed E-state index contributed by atoms with van der Waals surface area (Å²) >= 11 is 4.64. The molecule has 0 N–H and O–H groups in total. The molecule has 0 aliphatic carbocycles. The van der Waals surface area contributed by atoms with Crippen LogP contribution in [0, 0.1) is 0 Å². The summed E-state index contributed by atoms with van der Waals surface area (Å²) in [6.45, 7) is 6.46. The number of aliphatic imine (C=N–C) groups is 1. The summed E-state index contributed by atoms with van der Waals surface area (Å²) in [6.07, 6.45) is 4.18. The van der Waals surface area contributed by atoms with E-state index >= 15 is 0 Å². The Kier molecular flexibility index (Phi) is 3.22. The minimum absolute atomic E-state index is 0.148. The van der Waals surface area contributed by atoms with E-state index in [2.05, 4.69) is 22.6 Å². The molecule has 0 radical (unpaired) electrons. The van der Waals surface area contributed by atoms with E-state index < -0.39 is 0 Å². The Morgan fingerprint density at radius 1 is 1.09 bits per heavy atom. The summed E-state index contributed by atoms with van der Waals surface area (Å²) in [5.74, 6) is 0. The first-order valence-corrected chi connectivity index (χ1v) is 8.46. The van der Waals surface area contributed by atoms with Crippen LogP contribution in [0.5, 0.6) is 0 Å². The highest BCUT2D eigenvalue weighted by Crippen LogP contribution is 2.41. The average molecular weight is 326 g/mol. The third-order valence-electron chi connectivity index (χ3n) is 5.08. The van der Waals surface area contributed by atoms with Gasteiger partial charge in [0, 0.05) is 26.1 Å². The number of rotatable bonds is 6. The highest BCUT2D eigenvalue weighted by molar-refractivity contribution is 7.78. The fourth-order valence-corrected chi connectivity index (χ4v) is 4.34. The molecule has 22 heavy (non-hydrogen) atoms. The van der Waals surface area contributed by atoms with E-state index in [0.29, 0.717) is 18.3 Å². The van der Waals surface area contributed by atoms with E-state index in [1.165, 1.54) is 0 Å². The van der Waals surface area contributed by atoms with Gasteiger partial charge in [0.15, 0.2) is 0 Å². The molecule has 0 spiro atoms. The molecular formula is C14H22N4O3S. The van der Waals surface area contributed by atoms with Crippen LogP contribution in [-0.4, -0.2) is 96.6 Å². The maximum Gasteiger partial charge on any atom is 0.121 e. The van der Waals surface area contributed by atoms with Crippen molar-refractivity contribution >= 4 is 19.2 Å². The van der Waals surface area contributed by atoms with Crippen LogP contribution >= 0.6 is 12.8 Å². The number of nitrogens with zero attached hydrogens (tertiary/aromatic N) is 4. The second-order valence-electron chi connectivity index (χ2n) is 7.10. The van der Waals surface area contributed by atoms with Gasteiger partial charge in [-0.05, 0) is 0 Å². The highest BCUT2D eigenvalue weighted by atomic mass is 32.1. The minimum atomic E-state index is -0.148. The van der Waals surface area contributed by atoms with E-state index in [9.17, 15) is 0 Å². The summed E-state index contributed by atoms with van der Waals surface area (Å²) in [5, 5.41) is 0. The van der Waals surface area contributed by atoms with E-state index in [4.69, 9.17) is 19.2 Å². The first kappa shape index (κ1) is 14.0. The predicted molar refractivity (Wildman–Crippen MR) is 82.8 cm³/mol. The standard InChI is InChI=1S/C14H22N4O3S/c22-18-8-15-14(1-10-4-19-10)7-16(2-11-5-20-11)9-17(13(14)18)3-12-6-21-12/h8,10-13,22H,1-7,9H2. The van der Waals surface area contributed by atoms with Crippen molar-refractivity contribution in [3.05, 3.63) is 0 Å². The largest absolute Gasteiger partial charge is 0.373 e. The van der Waals surface area contributed by atoms with Crippen molar-refractivity contribution in [2.24, 2.45) is 4.99 Å². The molecule has 0 aromatic rings. The zero-order chi connectivity index (χ0) is 14.7. The maximum absolute atomic E-state index is 5.50. The molecule has 5 heterocycles. The Hall–Kier alpha value is -0.380. The van der Waals surface area contributed by atoms with Crippen molar-refractivity contribution in [3.63, 3.8) is 0 Å². The highest BCUT2D eigenvalue weighted by Gasteiger charge is 2.55. The smallest absolute Gasteiger partial charge is 0.121 e. The molecule has 0 amide bonds. The van der Waals surface area contributed by atoms with Gasteiger partial charge in [0.25, 0.3) is 0 Å². The van der Waals surface area contributed by atoms with E-state index in [-0.39, 0.29) is 11.7 Å². The first-order chi connectivity index (χ1) is 10.7. The molecule has 5 rings (SSSR count). The molecule has 5 unspecified atom stereocenters. The van der Waals surface area contributed by atoms with Gasteiger partial charge in [-0.3, -0.25) is 19.1 Å². The monoisotopic (exact) mass is 326 g/mol. The maximum atomic E-state index is 5.50. The lowest BCUT2D eigenvalue weighted by Crippen LogP contribution is -2.67. The summed E-state index contributed by atoms with van der Waals surface area (Å²) < 4.78 is 18.4. The van der Waals surface area contributed by atoms with Crippen LogP contribution in [0.3, 0.4) is 0 Å². The molecule has 5 aliphatic rings. The topological polar surface area (TPSA) is 59.7 Å². The van der Waals surface area contributed by atoms with Crippen molar-refractivity contribution in [2.45, 2.75) is 36.4 Å². The van der Waals surface area contributed by atoms with Crippen LogP contribution in [-0.2, 0) is 14.2 Å². The third-order valence-corrected chi connectivity index (χ3v) is 5.40. The SMILES string of the molecule is SN1C=NC2(CC3CO3)CN(CC3CO3)CN(CC3CO3)C12. The fourth-order valence-electron chi connectivity index (χ4n) is 3.93. The van der Waals surface area contributed by atoms with Crippen LogP contribution in [0.25, 0.3) is 0 Å². The zero-order valence-electron chi connectivity index (χ0n) is 12.5. The van der Waals surface area contributed by atoms with E-state index in [1.807, 2.05) is 10.6 Å². The Balaban J connectivity index is 1.40. The van der Waals surface area contributed by atoms with Crippen molar-refractivity contribution < 1.29 is 14.2 Å². The molecule has 0 aromatic heterocycles. The van der Waals surface area contributed by atoms with Crippen LogP contribution in [0.1, 0.15) is 6.42 Å². The number of ether oxygens (including phenoxy) is 3. The Morgan fingerprint density at radius 3 is 2.45 bits per heavy atom. The molecule has 0 saturated carbocycles. The first-order valence-electron chi connectivity index (χ1n) is 8.06. The van der Waals surface area contributed by atoms with Gasteiger partial charge in [0.2, 0.25) is 0 Å². The van der Waals surface area contributed by atoms with Gasteiger partial charge in [-0.15, -0.1) is 0 Å². The molecule has 0 aromatic carbocycles. The van der Waals surface area contributed by atoms with Crippen LogP contribution in [0.4, 0.5) is 0 Å². The number of fused-ring (bicyclic) bond motifs is 1. The van der Waals surface area contributed by atoms with Crippen molar-refractivity contribution in [1.29, 1.82) is 0 Å². The normalized spacial score (nSPS) is 46.9. The number of hydrogen-bond donors (Lipinski definition) is 1. The second kappa shape index (κ2) is 5.06. The fraction of sp³-hybridized carbons (Fsp3) is 0.929. The Morgan fingerprint density at radius 2 is 1.77 bits per heavy atom. The van der Waals surface area contributed by atoms with Crippen LogP contribution < -0.4 is 0 Å². The Labute approximate surface area is 135 Å². The van der Waals surface area contributed by atoms with Gasteiger partial charge in [-0.2, -0.15) is 0 Å². The van der Waals surface area contributed by atoms with Gasteiger partial charge in [0.05, 0.1) is 51.1 Å². The van der Waals surface area contributed by atoms with Gasteiger partial charge >= 0.3 is 0 Å². The molecule has 5 aliphatic heterocycles. The molecular weight excluding hydrogens is 304 g/mol. The summed E-state index contributed by atoms with van der Waals surface area (Å²) in [6, 6.07) is 0. The predicted octanol–water partition coefficient (Wildman–Crippen LogP) is -0.598. The number of hydrogen-bond acceptors (Lipinski definition) is 8. The summed E-state index contributed by atoms with van der Waals surface area (Å²) in [5.41, 5.74) is -0.148. The average Bonchev–Trinajstić information content (AvgIpc) is 3.26. The molecule has 0 bridgehead atoms. The summed E-state index contributed by atoms with van der Waals surface area (Å²) in [4.78, 5) is 9.83. The lowest BCUT2D eigenvalue weighted by atomic mass is 9.87. The molecule has 8 heteroatoms. The minimum Gasteiger partial charge on any atom is -0.373 e.